The fourth-order valence-corrected chi connectivity index (χ4v) is 2.68. The molecule has 24 heavy (non-hydrogen) atoms. The predicted octanol–water partition coefficient (Wildman–Crippen LogP) is 3.35. The van der Waals surface area contributed by atoms with Crippen LogP contribution in [0.5, 0.6) is 0 Å². The van der Waals surface area contributed by atoms with Crippen molar-refractivity contribution >= 4 is 17.4 Å². The number of amides is 1. The number of ketones is 1. The van der Waals surface area contributed by atoms with Gasteiger partial charge in [-0.15, -0.1) is 0 Å². The molecule has 0 aromatic heterocycles. The largest absolute Gasteiger partial charge is 0.454 e. The number of alkyl halides is 3. The van der Waals surface area contributed by atoms with Crippen LogP contribution in [0.2, 0.25) is 0 Å². The van der Waals surface area contributed by atoms with E-state index in [0.29, 0.717) is 31.1 Å². The number of benzene rings is 1. The number of carbonyl (C=O) groups excluding carboxylic acids is 2. The van der Waals surface area contributed by atoms with Crippen LogP contribution < -0.4 is 5.32 Å². The van der Waals surface area contributed by atoms with Gasteiger partial charge in [0.25, 0.3) is 5.78 Å². The van der Waals surface area contributed by atoms with Gasteiger partial charge in [0.2, 0.25) is 5.91 Å². The minimum Gasteiger partial charge on any atom is -0.365 e. The van der Waals surface area contributed by atoms with Crippen LogP contribution in [0.3, 0.4) is 0 Å². The number of allylic oxidation sites excluding steroid dienone is 1. The van der Waals surface area contributed by atoms with E-state index in [4.69, 9.17) is 0 Å². The smallest absolute Gasteiger partial charge is 0.365 e. The molecule has 4 nitrogen and oxygen atoms in total. The molecule has 1 heterocycles. The maximum absolute atomic E-state index is 12.4. The molecular weight excluding hydrogens is 321 g/mol. The summed E-state index contributed by atoms with van der Waals surface area (Å²) in [6, 6.07) is 5.02. The number of nitrogens with zero attached hydrogens (tertiary/aromatic N) is 1. The van der Waals surface area contributed by atoms with E-state index in [9.17, 15) is 22.8 Å². The van der Waals surface area contributed by atoms with E-state index in [0.717, 1.165) is 17.3 Å². The molecule has 7 heteroatoms. The predicted molar refractivity (Wildman–Crippen MR) is 84.5 cm³/mol. The minimum atomic E-state index is -4.90. The van der Waals surface area contributed by atoms with Crippen LogP contribution in [0.15, 0.2) is 30.5 Å². The van der Waals surface area contributed by atoms with Crippen molar-refractivity contribution in [1.29, 1.82) is 0 Å². The first kappa shape index (κ1) is 18.0. The SMILES string of the molecule is Cc1ccc(NC(=O)C2CCCN2/C=C/C(=O)C(F)(F)F)c(C)c1. The Morgan fingerprint density at radius 1 is 1.29 bits per heavy atom. The molecule has 0 bridgehead atoms. The van der Waals surface area contributed by atoms with E-state index >= 15 is 0 Å². The standard InChI is InChI=1S/C17H19F3N2O2/c1-11-5-6-13(12(2)10-11)21-16(24)14-4-3-8-22(14)9-7-15(23)17(18,19)20/h5-7,9-10,14H,3-4,8H2,1-2H3,(H,21,24)/b9-7+. The first-order valence-electron chi connectivity index (χ1n) is 7.61. The van der Waals surface area contributed by atoms with Gasteiger partial charge in [0.15, 0.2) is 0 Å². The van der Waals surface area contributed by atoms with Gasteiger partial charge in [-0.1, -0.05) is 17.7 Å². The van der Waals surface area contributed by atoms with Crippen molar-refractivity contribution in [1.82, 2.24) is 4.90 Å². The van der Waals surface area contributed by atoms with Crippen LogP contribution >= 0.6 is 0 Å². The molecule has 1 fully saturated rings. The highest BCUT2D eigenvalue weighted by molar-refractivity contribution is 5.96. The van der Waals surface area contributed by atoms with Gasteiger partial charge in [-0.3, -0.25) is 9.59 Å². The lowest BCUT2D eigenvalue weighted by atomic mass is 10.1. The van der Waals surface area contributed by atoms with E-state index in [1.165, 1.54) is 4.90 Å². The van der Waals surface area contributed by atoms with E-state index in [-0.39, 0.29) is 5.91 Å². The summed E-state index contributed by atoms with van der Waals surface area (Å²) in [5.74, 6) is -2.22. The van der Waals surface area contributed by atoms with Crippen molar-refractivity contribution in [3.8, 4) is 0 Å². The molecule has 0 saturated carbocycles. The van der Waals surface area contributed by atoms with Gasteiger partial charge in [-0.2, -0.15) is 13.2 Å². The Labute approximate surface area is 138 Å². The molecule has 1 N–H and O–H groups in total. The molecule has 1 atom stereocenters. The summed E-state index contributed by atoms with van der Waals surface area (Å²) in [5, 5.41) is 2.81. The van der Waals surface area contributed by atoms with Crippen LogP contribution in [0.4, 0.5) is 18.9 Å². The summed E-state index contributed by atoms with van der Waals surface area (Å²) in [5.41, 5.74) is 2.66. The summed E-state index contributed by atoms with van der Waals surface area (Å²) in [4.78, 5) is 24.8. The van der Waals surface area contributed by atoms with Gasteiger partial charge >= 0.3 is 6.18 Å². The molecule has 1 saturated heterocycles. The van der Waals surface area contributed by atoms with Crippen LogP contribution in [-0.2, 0) is 9.59 Å². The molecule has 1 aromatic rings. The van der Waals surface area contributed by atoms with Crippen molar-refractivity contribution in [2.45, 2.75) is 38.9 Å². The number of aryl methyl sites for hydroxylation is 2. The first-order chi connectivity index (χ1) is 11.2. The van der Waals surface area contributed by atoms with Crippen LogP contribution in [-0.4, -0.2) is 35.4 Å². The van der Waals surface area contributed by atoms with Gasteiger partial charge in [0.1, 0.15) is 6.04 Å². The third-order valence-corrected chi connectivity index (χ3v) is 3.93. The Kier molecular flexibility index (Phi) is 5.31. The van der Waals surface area contributed by atoms with E-state index < -0.39 is 18.0 Å². The summed E-state index contributed by atoms with van der Waals surface area (Å²) in [6.45, 7) is 4.25. The lowest BCUT2D eigenvalue weighted by molar-refractivity contribution is -0.165. The summed E-state index contributed by atoms with van der Waals surface area (Å²) in [7, 11) is 0. The average molecular weight is 340 g/mol. The van der Waals surface area contributed by atoms with E-state index in [2.05, 4.69) is 5.32 Å². The maximum atomic E-state index is 12.4. The molecule has 1 aromatic carbocycles. The van der Waals surface area contributed by atoms with Gasteiger partial charge in [0.05, 0.1) is 0 Å². The fraction of sp³-hybridized carbons (Fsp3) is 0.412. The Bertz CT molecular complexity index is 668. The Hall–Kier alpha value is -2.31. The van der Waals surface area contributed by atoms with Gasteiger partial charge in [0, 0.05) is 24.5 Å². The number of carbonyl (C=O) groups is 2. The highest BCUT2D eigenvalue weighted by Gasteiger charge is 2.37. The second kappa shape index (κ2) is 7.07. The summed E-state index contributed by atoms with van der Waals surface area (Å²) >= 11 is 0. The van der Waals surface area contributed by atoms with Crippen LogP contribution in [0.25, 0.3) is 0 Å². The first-order valence-corrected chi connectivity index (χ1v) is 7.61. The van der Waals surface area contributed by atoms with Crippen molar-refractivity contribution < 1.29 is 22.8 Å². The lowest BCUT2D eigenvalue weighted by Gasteiger charge is -2.22. The van der Waals surface area contributed by atoms with Gasteiger partial charge in [-0.05, 0) is 38.3 Å². The third-order valence-electron chi connectivity index (χ3n) is 3.93. The molecule has 0 radical (unpaired) electrons. The molecule has 1 aliphatic rings. The number of hydrogen-bond donors (Lipinski definition) is 1. The molecular formula is C17H19F3N2O2. The zero-order valence-electron chi connectivity index (χ0n) is 13.5. The van der Waals surface area contributed by atoms with Crippen LogP contribution in [0, 0.1) is 13.8 Å². The van der Waals surface area contributed by atoms with Crippen molar-refractivity contribution in [3.63, 3.8) is 0 Å². The van der Waals surface area contributed by atoms with E-state index in [1.54, 1.807) is 6.07 Å². The molecule has 1 amide bonds. The maximum Gasteiger partial charge on any atom is 0.454 e. The quantitative estimate of drug-likeness (QED) is 0.855. The van der Waals surface area contributed by atoms with E-state index in [1.807, 2.05) is 26.0 Å². The second-order valence-electron chi connectivity index (χ2n) is 5.88. The lowest BCUT2D eigenvalue weighted by Crippen LogP contribution is -2.37. The minimum absolute atomic E-state index is 0.288. The van der Waals surface area contributed by atoms with Crippen molar-refractivity contribution in [2.24, 2.45) is 0 Å². The highest BCUT2D eigenvalue weighted by atomic mass is 19.4. The Morgan fingerprint density at radius 3 is 2.62 bits per heavy atom. The number of rotatable bonds is 4. The Balaban J connectivity index is 2.05. The van der Waals surface area contributed by atoms with Gasteiger partial charge in [-0.25, -0.2) is 0 Å². The zero-order valence-corrected chi connectivity index (χ0v) is 13.5. The second-order valence-corrected chi connectivity index (χ2v) is 5.88. The molecule has 0 spiro atoms. The summed E-state index contributed by atoms with van der Waals surface area (Å²) < 4.78 is 36.7. The summed E-state index contributed by atoms with van der Waals surface area (Å²) in [6.07, 6.45) is -2.15. The van der Waals surface area contributed by atoms with Crippen molar-refractivity contribution in [3.05, 3.63) is 41.6 Å². The van der Waals surface area contributed by atoms with Gasteiger partial charge < -0.3 is 10.2 Å². The fourth-order valence-electron chi connectivity index (χ4n) is 2.68. The van der Waals surface area contributed by atoms with Crippen LogP contribution in [0.1, 0.15) is 24.0 Å². The third kappa shape index (κ3) is 4.37. The zero-order chi connectivity index (χ0) is 17.9. The average Bonchev–Trinajstić information content (AvgIpc) is 2.95. The number of likely N-dealkylation sites (tertiary alicyclic amines) is 1. The topological polar surface area (TPSA) is 49.4 Å². The molecule has 1 aliphatic heterocycles. The normalized spacial score (nSPS) is 18.2. The van der Waals surface area contributed by atoms with Crippen molar-refractivity contribution in [2.75, 3.05) is 11.9 Å². The number of nitrogens with one attached hydrogen (secondary N) is 1. The number of anilines is 1. The Morgan fingerprint density at radius 2 is 2.00 bits per heavy atom. The molecule has 2 rings (SSSR count). The molecule has 130 valence electrons. The highest BCUT2D eigenvalue weighted by Crippen LogP contribution is 2.23. The molecule has 0 aliphatic carbocycles. The number of hydrogen-bond acceptors (Lipinski definition) is 3. The number of halogens is 3. The monoisotopic (exact) mass is 340 g/mol. The molecule has 1 unspecified atom stereocenters.